The van der Waals surface area contributed by atoms with Crippen molar-refractivity contribution in [2.45, 2.75) is 45.1 Å². The molecule has 1 nitrogen and oxygen atoms in total. The molecule has 3 unspecified atom stereocenters. The van der Waals surface area contributed by atoms with E-state index in [0.717, 1.165) is 12.8 Å². The fraction of sp³-hybridized carbons (Fsp3) is 0.818. The first-order valence-corrected chi connectivity index (χ1v) is 4.74. The fourth-order valence-electron chi connectivity index (χ4n) is 2.13. The second kappa shape index (κ2) is 3.49. The Morgan fingerprint density at radius 2 is 2.17 bits per heavy atom. The zero-order valence-electron chi connectivity index (χ0n) is 8.01. The average molecular weight is 166 g/mol. The van der Waals surface area contributed by atoms with Crippen molar-refractivity contribution in [2.75, 3.05) is 0 Å². The van der Waals surface area contributed by atoms with Crippen molar-refractivity contribution in [3.63, 3.8) is 0 Å². The zero-order valence-corrected chi connectivity index (χ0v) is 8.01. The summed E-state index contributed by atoms with van der Waals surface area (Å²) in [5.74, 6) is 3.57. The van der Waals surface area contributed by atoms with Gasteiger partial charge in [-0.05, 0) is 24.7 Å². The van der Waals surface area contributed by atoms with Gasteiger partial charge >= 0.3 is 0 Å². The van der Waals surface area contributed by atoms with E-state index in [0.29, 0.717) is 18.3 Å². The van der Waals surface area contributed by atoms with Crippen LogP contribution in [0.1, 0.15) is 39.5 Å². The van der Waals surface area contributed by atoms with Crippen molar-refractivity contribution in [1.29, 1.82) is 0 Å². The van der Waals surface area contributed by atoms with E-state index < -0.39 is 5.60 Å². The molecule has 12 heavy (non-hydrogen) atoms. The molecule has 0 spiro atoms. The third-order valence-electron chi connectivity index (χ3n) is 3.12. The van der Waals surface area contributed by atoms with Crippen molar-refractivity contribution >= 4 is 0 Å². The second-order valence-corrected chi connectivity index (χ2v) is 4.27. The predicted octanol–water partition coefficient (Wildman–Crippen LogP) is 2.20. The van der Waals surface area contributed by atoms with Crippen LogP contribution in [-0.4, -0.2) is 10.7 Å². The van der Waals surface area contributed by atoms with Gasteiger partial charge in [-0.3, -0.25) is 0 Å². The van der Waals surface area contributed by atoms with Gasteiger partial charge in [0.05, 0.1) is 5.60 Å². The summed E-state index contributed by atoms with van der Waals surface area (Å²) in [4.78, 5) is 0. The first-order chi connectivity index (χ1) is 5.58. The minimum absolute atomic E-state index is 0.366. The van der Waals surface area contributed by atoms with Gasteiger partial charge in [0.15, 0.2) is 0 Å². The van der Waals surface area contributed by atoms with Gasteiger partial charge in [-0.25, -0.2) is 0 Å². The van der Waals surface area contributed by atoms with Gasteiger partial charge in [0.1, 0.15) is 0 Å². The maximum Gasteiger partial charge on any atom is 0.0784 e. The van der Waals surface area contributed by atoms with Crippen molar-refractivity contribution in [3.05, 3.63) is 0 Å². The Morgan fingerprint density at radius 1 is 1.50 bits per heavy atom. The lowest BCUT2D eigenvalue weighted by molar-refractivity contribution is -0.0521. The molecule has 1 saturated carbocycles. The maximum atomic E-state index is 10.2. The van der Waals surface area contributed by atoms with E-state index in [-0.39, 0.29) is 0 Å². The number of aliphatic hydroxyl groups is 1. The van der Waals surface area contributed by atoms with Gasteiger partial charge in [-0.2, -0.15) is 0 Å². The largest absolute Gasteiger partial charge is 0.389 e. The van der Waals surface area contributed by atoms with Gasteiger partial charge in [-0.15, -0.1) is 12.3 Å². The highest BCUT2D eigenvalue weighted by molar-refractivity contribution is 5.00. The number of hydrogen-bond donors (Lipinski definition) is 1. The minimum atomic E-state index is -0.577. The fourth-order valence-corrected chi connectivity index (χ4v) is 2.13. The van der Waals surface area contributed by atoms with E-state index in [1.54, 1.807) is 0 Å². The molecule has 0 heterocycles. The van der Waals surface area contributed by atoms with Crippen molar-refractivity contribution in [3.8, 4) is 12.3 Å². The van der Waals surface area contributed by atoms with Crippen molar-refractivity contribution in [2.24, 2.45) is 11.8 Å². The summed E-state index contributed by atoms with van der Waals surface area (Å²) in [6.07, 6.45) is 8.97. The zero-order chi connectivity index (χ0) is 9.19. The highest BCUT2D eigenvalue weighted by Crippen LogP contribution is 2.38. The second-order valence-electron chi connectivity index (χ2n) is 4.27. The van der Waals surface area contributed by atoms with E-state index in [4.69, 9.17) is 6.42 Å². The predicted molar refractivity (Wildman–Crippen MR) is 50.6 cm³/mol. The Labute approximate surface area is 75.2 Å². The molecule has 1 aliphatic rings. The first kappa shape index (κ1) is 9.61. The molecule has 0 saturated heterocycles. The summed E-state index contributed by atoms with van der Waals surface area (Å²) >= 11 is 0. The number of hydrogen-bond acceptors (Lipinski definition) is 1. The van der Waals surface area contributed by atoms with E-state index >= 15 is 0 Å². The molecule has 1 fully saturated rings. The lowest BCUT2D eigenvalue weighted by atomic mass is 9.71. The molecule has 0 bridgehead atoms. The molecule has 0 amide bonds. The van der Waals surface area contributed by atoms with Crippen molar-refractivity contribution in [1.82, 2.24) is 0 Å². The summed E-state index contributed by atoms with van der Waals surface area (Å²) in [7, 11) is 0. The van der Waals surface area contributed by atoms with Crippen LogP contribution in [0, 0.1) is 24.2 Å². The molecular weight excluding hydrogens is 148 g/mol. The Hall–Kier alpha value is -0.480. The van der Waals surface area contributed by atoms with Crippen molar-refractivity contribution < 1.29 is 5.11 Å². The highest BCUT2D eigenvalue weighted by atomic mass is 16.3. The Balaban J connectivity index is 2.65. The molecule has 3 atom stereocenters. The van der Waals surface area contributed by atoms with Crippen LogP contribution in [-0.2, 0) is 0 Å². The SMILES string of the molecule is C#CCC1(O)CC(C)CCC1C. The van der Waals surface area contributed by atoms with Crippen LogP contribution in [0.5, 0.6) is 0 Å². The van der Waals surface area contributed by atoms with E-state index in [1.165, 1.54) is 6.42 Å². The van der Waals surface area contributed by atoms with Gasteiger partial charge in [0, 0.05) is 6.42 Å². The normalized spacial score (nSPS) is 42.2. The molecule has 1 N–H and O–H groups in total. The van der Waals surface area contributed by atoms with Gasteiger partial charge < -0.3 is 5.11 Å². The molecular formula is C11H18O. The van der Waals surface area contributed by atoms with Crippen LogP contribution in [0.4, 0.5) is 0 Å². The molecule has 1 heteroatoms. The standard InChI is InChI=1S/C11H18O/c1-4-7-11(12)8-9(2)5-6-10(11)3/h1,9-10,12H,5-8H2,2-3H3. The lowest BCUT2D eigenvalue weighted by Crippen LogP contribution is -2.41. The topological polar surface area (TPSA) is 20.2 Å². The number of terminal acetylenes is 1. The average Bonchev–Trinajstić information content (AvgIpc) is 1.98. The smallest absolute Gasteiger partial charge is 0.0784 e. The molecule has 1 aliphatic carbocycles. The van der Waals surface area contributed by atoms with Crippen LogP contribution >= 0.6 is 0 Å². The monoisotopic (exact) mass is 166 g/mol. The summed E-state index contributed by atoms with van der Waals surface area (Å²) in [5.41, 5.74) is -0.577. The molecule has 0 aliphatic heterocycles. The summed E-state index contributed by atoms with van der Waals surface area (Å²) in [5, 5.41) is 10.2. The van der Waals surface area contributed by atoms with E-state index in [9.17, 15) is 5.11 Å². The Morgan fingerprint density at radius 3 is 2.75 bits per heavy atom. The van der Waals surface area contributed by atoms with E-state index in [1.807, 2.05) is 0 Å². The summed E-state index contributed by atoms with van der Waals surface area (Å²) < 4.78 is 0. The summed E-state index contributed by atoms with van der Waals surface area (Å²) in [6.45, 7) is 4.29. The highest BCUT2D eigenvalue weighted by Gasteiger charge is 2.37. The van der Waals surface area contributed by atoms with Crippen LogP contribution in [0.2, 0.25) is 0 Å². The Kier molecular flexibility index (Phi) is 2.80. The molecule has 0 aromatic rings. The van der Waals surface area contributed by atoms with Crippen LogP contribution in [0.15, 0.2) is 0 Å². The van der Waals surface area contributed by atoms with Crippen LogP contribution < -0.4 is 0 Å². The quantitative estimate of drug-likeness (QED) is 0.592. The van der Waals surface area contributed by atoms with Gasteiger partial charge in [0.25, 0.3) is 0 Å². The molecule has 0 aromatic heterocycles. The molecule has 1 rings (SSSR count). The van der Waals surface area contributed by atoms with Crippen LogP contribution in [0.25, 0.3) is 0 Å². The summed E-state index contributed by atoms with van der Waals surface area (Å²) in [6, 6.07) is 0. The number of rotatable bonds is 1. The molecule has 0 radical (unpaired) electrons. The molecule has 68 valence electrons. The Bertz CT molecular complexity index is 192. The maximum absolute atomic E-state index is 10.2. The van der Waals surface area contributed by atoms with Crippen LogP contribution in [0.3, 0.4) is 0 Å². The van der Waals surface area contributed by atoms with Gasteiger partial charge in [-0.1, -0.05) is 20.3 Å². The first-order valence-electron chi connectivity index (χ1n) is 4.74. The lowest BCUT2D eigenvalue weighted by Gasteiger charge is -2.39. The third-order valence-corrected chi connectivity index (χ3v) is 3.12. The molecule has 0 aromatic carbocycles. The van der Waals surface area contributed by atoms with Gasteiger partial charge in [0.2, 0.25) is 0 Å². The minimum Gasteiger partial charge on any atom is -0.389 e. The third kappa shape index (κ3) is 1.81. The van der Waals surface area contributed by atoms with E-state index in [2.05, 4.69) is 19.8 Å².